The number of nitrogens with one attached hydrogen (secondary N) is 2. The van der Waals surface area contributed by atoms with Crippen molar-refractivity contribution in [3.63, 3.8) is 0 Å². The van der Waals surface area contributed by atoms with Crippen LogP contribution < -0.4 is 10.6 Å². The molecule has 1 aromatic heterocycles. The fraction of sp³-hybridized carbons (Fsp3) is 0.429. The van der Waals surface area contributed by atoms with Gasteiger partial charge in [-0.25, -0.2) is 0 Å². The normalized spacial score (nSPS) is 14.8. The lowest BCUT2D eigenvalue weighted by molar-refractivity contribution is -0.124. The zero-order valence-corrected chi connectivity index (χ0v) is 16.4. The zero-order chi connectivity index (χ0) is 19.9. The standard InChI is InChI=1S/C21H27N5O2/c1-15(2)18-7-8-19(25-24-18)16-5-3-6-17(13-16)21(28)23-9-4-11-26-12-10-22-20(27)14-26/h3,5-8,13,15H,4,9-12,14H2,1-2H3,(H,22,27)(H,23,28). The molecule has 3 rings (SSSR count). The zero-order valence-electron chi connectivity index (χ0n) is 16.4. The number of rotatable bonds is 7. The van der Waals surface area contributed by atoms with Gasteiger partial charge in [0.15, 0.2) is 0 Å². The van der Waals surface area contributed by atoms with E-state index in [4.69, 9.17) is 0 Å². The second-order valence-corrected chi connectivity index (χ2v) is 7.31. The molecule has 0 aliphatic carbocycles. The molecule has 0 saturated carbocycles. The van der Waals surface area contributed by atoms with Gasteiger partial charge in [-0.2, -0.15) is 10.2 Å². The van der Waals surface area contributed by atoms with Gasteiger partial charge in [0.1, 0.15) is 0 Å². The SMILES string of the molecule is CC(C)c1ccc(-c2cccc(C(=O)NCCCN3CCNC(=O)C3)c2)nn1. The minimum atomic E-state index is -0.106. The molecule has 0 radical (unpaired) electrons. The molecule has 2 aromatic rings. The third kappa shape index (κ3) is 5.36. The summed E-state index contributed by atoms with van der Waals surface area (Å²) >= 11 is 0. The van der Waals surface area contributed by atoms with E-state index >= 15 is 0 Å². The van der Waals surface area contributed by atoms with Crippen LogP contribution in [0.3, 0.4) is 0 Å². The second kappa shape index (κ2) is 9.41. The van der Waals surface area contributed by atoms with Crippen molar-refractivity contribution in [1.29, 1.82) is 0 Å². The molecule has 0 atom stereocenters. The first-order chi connectivity index (χ1) is 13.5. The van der Waals surface area contributed by atoms with Gasteiger partial charge >= 0.3 is 0 Å². The molecule has 1 fully saturated rings. The average molecular weight is 381 g/mol. The van der Waals surface area contributed by atoms with Crippen molar-refractivity contribution >= 4 is 11.8 Å². The van der Waals surface area contributed by atoms with Crippen molar-refractivity contribution in [2.75, 3.05) is 32.7 Å². The summed E-state index contributed by atoms with van der Waals surface area (Å²) < 4.78 is 0. The van der Waals surface area contributed by atoms with Gasteiger partial charge in [0.25, 0.3) is 5.91 Å². The third-order valence-corrected chi connectivity index (χ3v) is 4.75. The second-order valence-electron chi connectivity index (χ2n) is 7.31. The third-order valence-electron chi connectivity index (χ3n) is 4.75. The molecule has 7 heteroatoms. The number of piperazine rings is 1. The van der Waals surface area contributed by atoms with Crippen LogP contribution >= 0.6 is 0 Å². The molecule has 0 unspecified atom stereocenters. The van der Waals surface area contributed by atoms with Crippen molar-refractivity contribution in [2.45, 2.75) is 26.2 Å². The van der Waals surface area contributed by atoms with Crippen LogP contribution in [-0.2, 0) is 4.79 Å². The smallest absolute Gasteiger partial charge is 0.251 e. The fourth-order valence-electron chi connectivity index (χ4n) is 3.11. The Kier molecular flexibility index (Phi) is 6.71. The van der Waals surface area contributed by atoms with Gasteiger partial charge in [-0.3, -0.25) is 14.5 Å². The van der Waals surface area contributed by atoms with Gasteiger partial charge in [-0.1, -0.05) is 26.0 Å². The van der Waals surface area contributed by atoms with E-state index in [-0.39, 0.29) is 11.8 Å². The molecule has 0 bridgehead atoms. The highest BCUT2D eigenvalue weighted by Crippen LogP contribution is 2.19. The number of amides is 2. The largest absolute Gasteiger partial charge is 0.354 e. The van der Waals surface area contributed by atoms with Crippen LogP contribution in [0.2, 0.25) is 0 Å². The van der Waals surface area contributed by atoms with Crippen LogP contribution in [0.1, 0.15) is 42.2 Å². The predicted octanol–water partition coefficient (Wildman–Crippen LogP) is 1.82. The summed E-state index contributed by atoms with van der Waals surface area (Å²) in [6.45, 7) is 7.52. The van der Waals surface area contributed by atoms with Gasteiger partial charge in [0, 0.05) is 37.3 Å². The van der Waals surface area contributed by atoms with Crippen molar-refractivity contribution in [3.8, 4) is 11.3 Å². The molecule has 2 amide bonds. The molecule has 7 nitrogen and oxygen atoms in total. The molecular weight excluding hydrogens is 354 g/mol. The van der Waals surface area contributed by atoms with Gasteiger partial charge in [-0.15, -0.1) is 0 Å². The summed E-state index contributed by atoms with van der Waals surface area (Å²) in [5.41, 5.74) is 3.17. The highest BCUT2D eigenvalue weighted by atomic mass is 16.2. The maximum absolute atomic E-state index is 12.4. The Morgan fingerprint density at radius 2 is 2.11 bits per heavy atom. The monoisotopic (exact) mass is 381 g/mol. The first-order valence-corrected chi connectivity index (χ1v) is 9.74. The minimum Gasteiger partial charge on any atom is -0.354 e. The van der Waals surface area contributed by atoms with E-state index in [2.05, 4.69) is 39.6 Å². The average Bonchev–Trinajstić information content (AvgIpc) is 2.71. The van der Waals surface area contributed by atoms with E-state index in [9.17, 15) is 9.59 Å². The van der Waals surface area contributed by atoms with Crippen molar-refractivity contribution < 1.29 is 9.59 Å². The predicted molar refractivity (Wildman–Crippen MR) is 108 cm³/mol. The quantitative estimate of drug-likeness (QED) is 0.715. The van der Waals surface area contributed by atoms with Crippen LogP contribution in [0.15, 0.2) is 36.4 Å². The highest BCUT2D eigenvalue weighted by Gasteiger charge is 2.15. The maximum Gasteiger partial charge on any atom is 0.251 e. The van der Waals surface area contributed by atoms with E-state index < -0.39 is 0 Å². The summed E-state index contributed by atoms with van der Waals surface area (Å²) in [6, 6.07) is 11.3. The Labute approximate surface area is 165 Å². The van der Waals surface area contributed by atoms with Gasteiger partial charge in [-0.05, 0) is 36.6 Å². The molecule has 2 heterocycles. The Bertz CT molecular complexity index is 820. The van der Waals surface area contributed by atoms with Gasteiger partial charge in [0.2, 0.25) is 5.91 Å². The lowest BCUT2D eigenvalue weighted by atomic mass is 10.1. The summed E-state index contributed by atoms with van der Waals surface area (Å²) in [5.74, 6) is 0.291. The molecule has 148 valence electrons. The van der Waals surface area contributed by atoms with E-state index in [1.165, 1.54) is 0 Å². The number of aromatic nitrogens is 2. The van der Waals surface area contributed by atoms with E-state index in [1.807, 2.05) is 30.3 Å². The van der Waals surface area contributed by atoms with Crippen LogP contribution in [0.4, 0.5) is 0 Å². The van der Waals surface area contributed by atoms with E-state index in [1.54, 1.807) is 6.07 Å². The molecule has 1 aromatic carbocycles. The number of benzene rings is 1. The van der Waals surface area contributed by atoms with Crippen LogP contribution in [0, 0.1) is 0 Å². The van der Waals surface area contributed by atoms with Crippen molar-refractivity contribution in [2.24, 2.45) is 0 Å². The van der Waals surface area contributed by atoms with Gasteiger partial charge < -0.3 is 10.6 Å². The van der Waals surface area contributed by atoms with Crippen molar-refractivity contribution in [3.05, 3.63) is 47.7 Å². The molecule has 1 saturated heterocycles. The van der Waals surface area contributed by atoms with Gasteiger partial charge in [0.05, 0.1) is 17.9 Å². The minimum absolute atomic E-state index is 0.0663. The topological polar surface area (TPSA) is 87.2 Å². The first kappa shape index (κ1) is 19.9. The summed E-state index contributed by atoms with van der Waals surface area (Å²) in [6.07, 6.45) is 0.806. The molecule has 28 heavy (non-hydrogen) atoms. The van der Waals surface area contributed by atoms with Crippen LogP contribution in [-0.4, -0.2) is 59.6 Å². The van der Waals surface area contributed by atoms with E-state index in [0.717, 1.165) is 36.5 Å². The lowest BCUT2D eigenvalue weighted by Crippen LogP contribution is -2.48. The molecule has 2 N–H and O–H groups in total. The van der Waals surface area contributed by atoms with Crippen LogP contribution in [0.5, 0.6) is 0 Å². The van der Waals surface area contributed by atoms with E-state index in [0.29, 0.717) is 31.1 Å². The first-order valence-electron chi connectivity index (χ1n) is 9.74. The molecular formula is C21H27N5O2. The Balaban J connectivity index is 1.52. The summed E-state index contributed by atoms with van der Waals surface area (Å²) in [7, 11) is 0. The molecule has 0 spiro atoms. The molecule has 1 aliphatic rings. The van der Waals surface area contributed by atoms with Crippen molar-refractivity contribution in [1.82, 2.24) is 25.7 Å². The molecule has 1 aliphatic heterocycles. The maximum atomic E-state index is 12.4. The number of nitrogens with zero attached hydrogens (tertiary/aromatic N) is 3. The highest BCUT2D eigenvalue weighted by molar-refractivity contribution is 5.95. The summed E-state index contributed by atoms with van der Waals surface area (Å²) in [5, 5.41) is 14.3. The number of hydrogen-bond donors (Lipinski definition) is 2. The lowest BCUT2D eigenvalue weighted by Gasteiger charge is -2.26. The summed E-state index contributed by atoms with van der Waals surface area (Å²) in [4.78, 5) is 25.9. The Morgan fingerprint density at radius 1 is 1.25 bits per heavy atom. The van der Waals surface area contributed by atoms with Crippen LogP contribution in [0.25, 0.3) is 11.3 Å². The number of carbonyl (C=O) groups excluding carboxylic acids is 2. The Hall–Kier alpha value is -2.80. The number of carbonyl (C=O) groups is 2. The fourth-order valence-corrected chi connectivity index (χ4v) is 3.11. The number of hydrogen-bond acceptors (Lipinski definition) is 5. The Morgan fingerprint density at radius 3 is 2.82 bits per heavy atom.